The molecule has 0 N–H and O–H groups in total. The van der Waals surface area contributed by atoms with Crippen LogP contribution in [-0.2, 0) is 0 Å². The summed E-state index contributed by atoms with van der Waals surface area (Å²) in [7, 11) is 0. The molecule has 0 aliphatic heterocycles. The van der Waals surface area contributed by atoms with Crippen molar-refractivity contribution in [3.8, 4) is 33.5 Å². The number of benzene rings is 8. The van der Waals surface area contributed by atoms with E-state index in [1.165, 1.54) is 81.7 Å². The Bertz CT molecular complexity index is 2470. The molecule has 1 nitrogen and oxygen atoms in total. The fourth-order valence-electron chi connectivity index (χ4n) is 7.14. The minimum atomic E-state index is 0.998. The number of aromatic nitrogens is 1. The summed E-state index contributed by atoms with van der Waals surface area (Å²) in [4.78, 5) is 4.76. The van der Waals surface area contributed by atoms with Crippen molar-refractivity contribution in [2.75, 3.05) is 0 Å². The van der Waals surface area contributed by atoms with Crippen molar-refractivity contribution in [1.29, 1.82) is 0 Å². The van der Waals surface area contributed by atoms with Crippen LogP contribution in [0, 0.1) is 0 Å². The van der Waals surface area contributed by atoms with Gasteiger partial charge in [0.1, 0.15) is 0 Å². The predicted molar refractivity (Wildman–Crippen MR) is 199 cm³/mol. The van der Waals surface area contributed by atoms with E-state index in [0.29, 0.717) is 0 Å². The van der Waals surface area contributed by atoms with E-state index in [0.717, 1.165) is 5.69 Å². The van der Waals surface area contributed by atoms with Gasteiger partial charge in [0.25, 0.3) is 0 Å². The molecule has 8 aromatic carbocycles. The summed E-state index contributed by atoms with van der Waals surface area (Å²) in [5.74, 6) is 0. The first kappa shape index (κ1) is 27.7. The lowest BCUT2D eigenvalue weighted by atomic mass is 9.86. The molecule has 218 valence electrons. The summed E-state index contributed by atoms with van der Waals surface area (Å²) < 4.78 is 0. The highest BCUT2D eigenvalue weighted by Crippen LogP contribution is 2.44. The van der Waals surface area contributed by atoms with Crippen LogP contribution in [0.3, 0.4) is 0 Å². The smallest absolute Gasteiger partial charge is 0.0714 e. The molecule has 1 heteroatoms. The molecule has 0 aliphatic carbocycles. The van der Waals surface area contributed by atoms with Crippen molar-refractivity contribution in [3.63, 3.8) is 0 Å². The zero-order chi connectivity index (χ0) is 31.0. The summed E-state index contributed by atoms with van der Waals surface area (Å²) in [5, 5.41) is 12.6. The van der Waals surface area contributed by atoms with E-state index < -0.39 is 0 Å². The quantitative estimate of drug-likeness (QED) is 0.148. The van der Waals surface area contributed by atoms with Gasteiger partial charge in [0.05, 0.1) is 5.69 Å². The van der Waals surface area contributed by atoms with Crippen molar-refractivity contribution < 1.29 is 0 Å². The molecule has 1 aromatic heterocycles. The van der Waals surface area contributed by atoms with E-state index in [4.69, 9.17) is 4.98 Å². The van der Waals surface area contributed by atoms with E-state index >= 15 is 0 Å². The van der Waals surface area contributed by atoms with E-state index in [2.05, 4.69) is 152 Å². The van der Waals surface area contributed by atoms with Gasteiger partial charge in [0.2, 0.25) is 0 Å². The van der Waals surface area contributed by atoms with Crippen LogP contribution in [0.1, 0.15) is 13.8 Å². The molecule has 46 heavy (non-hydrogen) atoms. The molecule has 9 aromatic rings. The average Bonchev–Trinajstić information content (AvgIpc) is 3.14. The fraction of sp³-hybridized carbons (Fsp3) is 0.0444. The molecule has 0 amide bonds. The van der Waals surface area contributed by atoms with Gasteiger partial charge in [-0.3, -0.25) is 4.98 Å². The number of rotatable bonds is 3. The Hall–Kier alpha value is -5.79. The minimum absolute atomic E-state index is 0.998. The number of fused-ring (bicyclic) bond motifs is 7. The van der Waals surface area contributed by atoms with Crippen LogP contribution < -0.4 is 0 Å². The zero-order valence-electron chi connectivity index (χ0n) is 26.0. The lowest BCUT2D eigenvalue weighted by Gasteiger charge is -2.17. The largest absolute Gasteiger partial charge is 0.256 e. The van der Waals surface area contributed by atoms with Crippen molar-refractivity contribution in [1.82, 2.24) is 4.98 Å². The van der Waals surface area contributed by atoms with Crippen LogP contribution in [-0.4, -0.2) is 4.98 Å². The Labute approximate surface area is 269 Å². The third kappa shape index (κ3) is 4.44. The molecule has 0 unspecified atom stereocenters. The molecule has 1 heterocycles. The molecule has 0 radical (unpaired) electrons. The zero-order valence-corrected chi connectivity index (χ0v) is 26.0. The SMILES string of the molecule is CC.c1ccc(-c2c3ccccc3c(-c3ccc(-c4cc5c6ccccc6ccc5c5ccccc45)cc3)c3ccccc23)nc1. The molecule has 0 atom stereocenters. The predicted octanol–water partition coefficient (Wildman–Crippen LogP) is 12.9. The van der Waals surface area contributed by atoms with Gasteiger partial charge in [0, 0.05) is 11.8 Å². The van der Waals surface area contributed by atoms with Crippen molar-refractivity contribution in [2.45, 2.75) is 13.8 Å². The molecule has 0 saturated carbocycles. The highest BCUT2D eigenvalue weighted by atomic mass is 14.7. The first-order chi connectivity index (χ1) is 22.8. The first-order valence-electron chi connectivity index (χ1n) is 16.1. The highest BCUT2D eigenvalue weighted by Gasteiger charge is 2.17. The molecule has 9 rings (SSSR count). The number of hydrogen-bond donors (Lipinski definition) is 0. The maximum atomic E-state index is 4.76. The lowest BCUT2D eigenvalue weighted by Crippen LogP contribution is -1.92. The van der Waals surface area contributed by atoms with E-state index in [1.807, 2.05) is 26.1 Å². The standard InChI is InChI=1S/C43H27N.C2H6/c1-2-12-31-28(11-1)24-25-34-32-13-3-4-14-33(32)39(27-40(31)34)29-20-22-30(23-21-29)42-35-15-5-7-17-37(35)43(41-19-9-10-26-44-41)38-18-8-6-16-36(38)42;1-2/h1-27H;1-2H3. The summed E-state index contributed by atoms with van der Waals surface area (Å²) in [6.45, 7) is 4.00. The van der Waals surface area contributed by atoms with Crippen LogP contribution in [0.4, 0.5) is 0 Å². The second-order valence-corrected chi connectivity index (χ2v) is 11.5. The van der Waals surface area contributed by atoms with Gasteiger partial charge < -0.3 is 0 Å². The van der Waals surface area contributed by atoms with Gasteiger partial charge in [-0.1, -0.05) is 153 Å². The molecular weight excluding hydrogens is 555 g/mol. The molecule has 0 spiro atoms. The summed E-state index contributed by atoms with van der Waals surface area (Å²) in [6, 6.07) is 57.3. The Balaban J connectivity index is 0.00000153. The van der Waals surface area contributed by atoms with Crippen molar-refractivity contribution in [2.24, 2.45) is 0 Å². The van der Waals surface area contributed by atoms with E-state index in [9.17, 15) is 0 Å². The van der Waals surface area contributed by atoms with Gasteiger partial charge >= 0.3 is 0 Å². The second-order valence-electron chi connectivity index (χ2n) is 11.5. The van der Waals surface area contributed by atoms with Crippen LogP contribution >= 0.6 is 0 Å². The van der Waals surface area contributed by atoms with Crippen LogP contribution in [0.25, 0.3) is 87.4 Å². The normalized spacial score (nSPS) is 11.3. The van der Waals surface area contributed by atoms with Crippen LogP contribution in [0.15, 0.2) is 164 Å². The molecular formula is C45H33N. The van der Waals surface area contributed by atoms with Gasteiger partial charge in [-0.05, 0) is 94.3 Å². The number of nitrogens with zero attached hydrogens (tertiary/aromatic N) is 1. The van der Waals surface area contributed by atoms with Crippen LogP contribution in [0.2, 0.25) is 0 Å². The van der Waals surface area contributed by atoms with Crippen LogP contribution in [0.5, 0.6) is 0 Å². The second kappa shape index (κ2) is 11.6. The monoisotopic (exact) mass is 587 g/mol. The number of hydrogen-bond acceptors (Lipinski definition) is 1. The maximum Gasteiger partial charge on any atom is 0.0714 e. The molecule has 0 aliphatic rings. The molecule has 0 saturated heterocycles. The Morgan fingerprint density at radius 2 is 0.848 bits per heavy atom. The maximum absolute atomic E-state index is 4.76. The summed E-state index contributed by atoms with van der Waals surface area (Å²) >= 11 is 0. The van der Waals surface area contributed by atoms with E-state index in [1.54, 1.807) is 0 Å². The summed E-state index contributed by atoms with van der Waals surface area (Å²) in [6.07, 6.45) is 1.88. The van der Waals surface area contributed by atoms with Gasteiger partial charge in [-0.2, -0.15) is 0 Å². The van der Waals surface area contributed by atoms with E-state index in [-0.39, 0.29) is 0 Å². The van der Waals surface area contributed by atoms with Gasteiger partial charge in [-0.15, -0.1) is 0 Å². The number of pyridine rings is 1. The Morgan fingerprint density at radius 3 is 1.48 bits per heavy atom. The van der Waals surface area contributed by atoms with Gasteiger partial charge in [-0.25, -0.2) is 0 Å². The molecule has 0 bridgehead atoms. The first-order valence-corrected chi connectivity index (χ1v) is 16.1. The Kier molecular flexibility index (Phi) is 7.00. The van der Waals surface area contributed by atoms with Gasteiger partial charge in [0.15, 0.2) is 0 Å². The minimum Gasteiger partial charge on any atom is -0.256 e. The highest BCUT2D eigenvalue weighted by molar-refractivity contribution is 6.22. The average molecular weight is 588 g/mol. The third-order valence-electron chi connectivity index (χ3n) is 9.10. The fourth-order valence-corrected chi connectivity index (χ4v) is 7.14. The van der Waals surface area contributed by atoms with Crippen molar-refractivity contribution in [3.05, 3.63) is 164 Å². The molecule has 0 fully saturated rings. The lowest BCUT2D eigenvalue weighted by molar-refractivity contribution is 1.34. The Morgan fingerprint density at radius 1 is 0.348 bits per heavy atom. The topological polar surface area (TPSA) is 12.9 Å². The third-order valence-corrected chi connectivity index (χ3v) is 9.10. The summed E-state index contributed by atoms with van der Waals surface area (Å²) in [5.41, 5.74) is 7.14. The van der Waals surface area contributed by atoms with Crippen molar-refractivity contribution >= 4 is 53.9 Å².